The molecule has 0 aliphatic rings. The Morgan fingerprint density at radius 1 is 1.15 bits per heavy atom. The minimum Gasteiger partial charge on any atom is -0.810 e. The maximum Gasteiger partial charge on any atom is 0.138 e. The summed E-state index contributed by atoms with van der Waals surface area (Å²) >= 11 is 6.09. The highest BCUT2D eigenvalue weighted by molar-refractivity contribution is 7.50. The summed E-state index contributed by atoms with van der Waals surface area (Å²) in [5.41, 5.74) is -1.37. The van der Waals surface area contributed by atoms with Crippen LogP contribution in [0.25, 0.3) is 0 Å². The number of hydrogen-bond acceptors (Lipinski definition) is 6. The molecule has 1 unspecified atom stereocenters. The third kappa shape index (κ3) is 8.54. The molecule has 6 nitrogen and oxygen atoms in total. The normalized spacial score (nSPS) is 12.7. The monoisotopic (exact) mass is 404 g/mol. The third-order valence-electron chi connectivity index (χ3n) is 4.12. The zero-order valence-corrected chi connectivity index (χ0v) is 16.9. The van der Waals surface area contributed by atoms with Crippen LogP contribution >= 0.6 is 19.2 Å². The number of carbonyl (C=O) groups excluding carboxylic acids is 1. The number of carbonyl (C=O) groups is 1. The average molecular weight is 405 g/mol. The number of unbranched alkanes of at least 4 members (excludes halogenated alkanes) is 5. The minimum atomic E-state index is -4.83. The largest absolute Gasteiger partial charge is 0.810 e. The van der Waals surface area contributed by atoms with E-state index in [0.717, 1.165) is 39.0 Å². The fourth-order valence-electron chi connectivity index (χ4n) is 2.64. The van der Waals surface area contributed by atoms with Crippen molar-refractivity contribution in [1.82, 2.24) is 0 Å². The molecule has 0 radical (unpaired) electrons. The Balaban J connectivity index is 2.11. The van der Waals surface area contributed by atoms with Gasteiger partial charge >= 0.3 is 0 Å². The SMILES string of the molecule is COc1ccc(OCCCCCCCCC(C(C)=O)P(=O)([O-])[O-])c(Cl)c1. The van der Waals surface area contributed by atoms with E-state index in [4.69, 9.17) is 21.1 Å². The number of hydrogen-bond donors (Lipinski definition) is 0. The van der Waals surface area contributed by atoms with Gasteiger partial charge in [0.05, 0.1) is 18.7 Å². The predicted molar refractivity (Wildman–Crippen MR) is 97.9 cm³/mol. The van der Waals surface area contributed by atoms with E-state index in [-0.39, 0.29) is 6.42 Å². The quantitative estimate of drug-likeness (QED) is 0.369. The van der Waals surface area contributed by atoms with Gasteiger partial charge in [-0.05, 0) is 31.9 Å². The van der Waals surface area contributed by atoms with Crippen molar-refractivity contribution in [2.75, 3.05) is 13.7 Å². The summed E-state index contributed by atoms with van der Waals surface area (Å²) in [7, 11) is -3.25. The summed E-state index contributed by atoms with van der Waals surface area (Å²) in [4.78, 5) is 33.2. The van der Waals surface area contributed by atoms with Crippen LogP contribution in [0.2, 0.25) is 5.02 Å². The molecular formula is C18H26ClO6P-2. The molecule has 0 heterocycles. The van der Waals surface area contributed by atoms with Crippen molar-refractivity contribution >= 4 is 25.0 Å². The number of benzene rings is 1. The highest BCUT2D eigenvalue weighted by atomic mass is 35.5. The van der Waals surface area contributed by atoms with Crippen LogP contribution in [-0.2, 0) is 9.36 Å². The van der Waals surface area contributed by atoms with Gasteiger partial charge in [-0.1, -0.05) is 51.3 Å². The molecule has 1 rings (SSSR count). The molecule has 0 fully saturated rings. The minimum absolute atomic E-state index is 0.124. The van der Waals surface area contributed by atoms with Crippen LogP contribution < -0.4 is 19.3 Å². The molecule has 0 bridgehead atoms. The van der Waals surface area contributed by atoms with Crippen LogP contribution in [0.15, 0.2) is 18.2 Å². The summed E-state index contributed by atoms with van der Waals surface area (Å²) < 4.78 is 21.7. The number of ether oxygens (including phenoxy) is 2. The standard InChI is InChI=1S/C18H28ClO6P/c1-14(20)18(26(21,22)23)9-7-5-3-4-6-8-12-25-17-11-10-15(24-2)13-16(17)19/h10-11,13,18H,3-9,12H2,1-2H3,(H2,21,22,23)/p-2. The molecule has 1 aromatic carbocycles. The van der Waals surface area contributed by atoms with Crippen LogP contribution in [0.1, 0.15) is 51.9 Å². The number of ketones is 1. The Hall–Kier alpha value is -1.07. The maximum atomic E-state index is 11.2. The Bertz CT molecular complexity index is 616. The van der Waals surface area contributed by atoms with Crippen LogP contribution in [0.3, 0.4) is 0 Å². The van der Waals surface area contributed by atoms with Gasteiger partial charge in [0.1, 0.15) is 17.3 Å². The fourth-order valence-corrected chi connectivity index (χ4v) is 3.81. The van der Waals surface area contributed by atoms with Crippen molar-refractivity contribution in [3.05, 3.63) is 23.2 Å². The van der Waals surface area contributed by atoms with Gasteiger partial charge in [0.25, 0.3) is 0 Å². The maximum absolute atomic E-state index is 11.2. The molecule has 1 aromatic rings. The van der Waals surface area contributed by atoms with Crippen molar-refractivity contribution in [2.24, 2.45) is 0 Å². The second-order valence-electron chi connectivity index (χ2n) is 6.22. The van der Waals surface area contributed by atoms with Crippen LogP contribution in [0.5, 0.6) is 11.5 Å². The molecule has 1 atom stereocenters. The average Bonchev–Trinajstić information content (AvgIpc) is 2.56. The van der Waals surface area contributed by atoms with E-state index in [9.17, 15) is 19.1 Å². The summed E-state index contributed by atoms with van der Waals surface area (Å²) in [5, 5.41) is 0.512. The molecule has 0 amide bonds. The Morgan fingerprint density at radius 2 is 1.77 bits per heavy atom. The Morgan fingerprint density at radius 3 is 2.31 bits per heavy atom. The molecule has 0 N–H and O–H groups in total. The molecule has 0 aliphatic heterocycles. The number of methoxy groups -OCH3 is 1. The van der Waals surface area contributed by atoms with Gasteiger partial charge in [0.2, 0.25) is 0 Å². The zero-order chi connectivity index (χ0) is 19.6. The first-order chi connectivity index (χ1) is 12.3. The molecule has 0 aromatic heterocycles. The van der Waals surface area contributed by atoms with Crippen LogP contribution in [-0.4, -0.2) is 25.2 Å². The second kappa shape index (κ2) is 11.6. The fraction of sp³-hybridized carbons (Fsp3) is 0.611. The number of halogens is 1. The van der Waals surface area contributed by atoms with Gasteiger partial charge in [-0.3, -0.25) is 4.79 Å². The van der Waals surface area contributed by atoms with Gasteiger partial charge in [0, 0.05) is 11.7 Å². The summed E-state index contributed by atoms with van der Waals surface area (Å²) in [6.07, 6.45) is 5.26. The molecule has 148 valence electrons. The lowest BCUT2D eigenvalue weighted by Gasteiger charge is -2.36. The number of rotatable bonds is 13. The van der Waals surface area contributed by atoms with Crippen molar-refractivity contribution in [3.8, 4) is 11.5 Å². The van der Waals surface area contributed by atoms with E-state index < -0.39 is 19.0 Å². The van der Waals surface area contributed by atoms with Gasteiger partial charge < -0.3 is 23.8 Å². The first-order valence-corrected chi connectivity index (χ1v) is 10.7. The van der Waals surface area contributed by atoms with Gasteiger partial charge in [-0.15, -0.1) is 0 Å². The van der Waals surface area contributed by atoms with Crippen molar-refractivity contribution in [2.45, 2.75) is 57.5 Å². The Labute approximate surface area is 160 Å². The highest BCUT2D eigenvalue weighted by Crippen LogP contribution is 2.35. The molecule has 0 spiro atoms. The second-order valence-corrected chi connectivity index (χ2v) is 8.33. The van der Waals surface area contributed by atoms with Crippen molar-refractivity contribution in [3.63, 3.8) is 0 Å². The molecule has 0 saturated heterocycles. The van der Waals surface area contributed by atoms with E-state index in [1.54, 1.807) is 25.3 Å². The lowest BCUT2D eigenvalue weighted by atomic mass is 10.1. The predicted octanol–water partition coefficient (Wildman–Crippen LogP) is 3.33. The van der Waals surface area contributed by atoms with E-state index in [0.29, 0.717) is 29.5 Å². The van der Waals surface area contributed by atoms with Crippen molar-refractivity contribution in [1.29, 1.82) is 0 Å². The van der Waals surface area contributed by atoms with E-state index >= 15 is 0 Å². The van der Waals surface area contributed by atoms with E-state index in [2.05, 4.69) is 0 Å². The van der Waals surface area contributed by atoms with Gasteiger partial charge in [-0.2, -0.15) is 0 Å². The first kappa shape index (κ1) is 23.0. The van der Waals surface area contributed by atoms with Crippen molar-refractivity contribution < 1.29 is 28.6 Å². The van der Waals surface area contributed by atoms with Gasteiger partial charge in [-0.25, -0.2) is 0 Å². The summed E-state index contributed by atoms with van der Waals surface area (Å²) in [6.45, 7) is 1.72. The summed E-state index contributed by atoms with van der Waals surface area (Å²) in [5.74, 6) is 0.745. The zero-order valence-electron chi connectivity index (χ0n) is 15.2. The number of Topliss-reactive ketones (excluding diaryl/α,β-unsaturated/α-hetero) is 1. The summed E-state index contributed by atoms with van der Waals surface area (Å²) in [6, 6.07) is 5.27. The topological polar surface area (TPSA) is 98.7 Å². The van der Waals surface area contributed by atoms with E-state index in [1.165, 1.54) is 0 Å². The lowest BCUT2D eigenvalue weighted by Crippen LogP contribution is -2.31. The first-order valence-electron chi connectivity index (χ1n) is 8.74. The molecule has 26 heavy (non-hydrogen) atoms. The Kier molecular flexibility index (Phi) is 10.3. The smallest absolute Gasteiger partial charge is 0.138 e. The van der Waals surface area contributed by atoms with E-state index in [1.807, 2.05) is 0 Å². The third-order valence-corrected chi connectivity index (χ3v) is 5.80. The highest BCUT2D eigenvalue weighted by Gasteiger charge is 2.17. The van der Waals surface area contributed by atoms with Crippen LogP contribution in [0, 0.1) is 0 Å². The van der Waals surface area contributed by atoms with Crippen LogP contribution in [0.4, 0.5) is 0 Å². The molecule has 0 aliphatic carbocycles. The molecular weight excluding hydrogens is 379 g/mol. The van der Waals surface area contributed by atoms with Gasteiger partial charge in [0.15, 0.2) is 0 Å². The molecule has 8 heteroatoms. The molecule has 0 saturated carbocycles. The lowest BCUT2D eigenvalue weighted by molar-refractivity contribution is -0.315.